The second-order valence-electron chi connectivity index (χ2n) is 6.42. The second kappa shape index (κ2) is 7.49. The molecule has 2 amide bonds. The lowest BCUT2D eigenvalue weighted by Gasteiger charge is -2.41. The van der Waals surface area contributed by atoms with Gasteiger partial charge in [-0.2, -0.15) is 0 Å². The third-order valence-corrected chi connectivity index (χ3v) is 4.26. The lowest BCUT2D eigenvalue weighted by atomic mass is 9.97. The van der Waals surface area contributed by atoms with E-state index in [0.717, 1.165) is 18.7 Å². The normalized spacial score (nSPS) is 18.5. The van der Waals surface area contributed by atoms with Crippen molar-refractivity contribution in [2.24, 2.45) is 5.92 Å². The number of carbonyl (C=O) groups excluding carboxylic acids is 2. The van der Waals surface area contributed by atoms with Crippen molar-refractivity contribution in [2.75, 3.05) is 32.0 Å². The number of likely N-dealkylation sites (N-methyl/N-ethyl adjacent to an activating group) is 1. The highest BCUT2D eigenvalue weighted by atomic mass is 16.2. The first-order valence-electron chi connectivity index (χ1n) is 8.36. The lowest BCUT2D eigenvalue weighted by Crippen LogP contribution is -2.59. The number of anilines is 1. The molecule has 1 aromatic rings. The smallest absolute Gasteiger partial charge is 0.256 e. The Hall–Kier alpha value is -2.04. The first-order chi connectivity index (χ1) is 11.0. The van der Waals surface area contributed by atoms with E-state index in [1.807, 2.05) is 38.1 Å². The van der Waals surface area contributed by atoms with E-state index < -0.39 is 0 Å². The largest absolute Gasteiger partial charge is 0.384 e. The van der Waals surface area contributed by atoms with Crippen molar-refractivity contribution < 1.29 is 9.59 Å². The van der Waals surface area contributed by atoms with Gasteiger partial charge < -0.3 is 15.1 Å². The van der Waals surface area contributed by atoms with Gasteiger partial charge in [-0.1, -0.05) is 32.9 Å². The van der Waals surface area contributed by atoms with Gasteiger partial charge in [-0.25, -0.2) is 0 Å². The van der Waals surface area contributed by atoms with Gasteiger partial charge in [0.25, 0.3) is 5.91 Å². The second-order valence-corrected chi connectivity index (χ2v) is 6.42. The Morgan fingerprint density at radius 2 is 2.00 bits per heavy atom. The molecule has 1 aliphatic rings. The van der Waals surface area contributed by atoms with Crippen molar-refractivity contribution in [3.8, 4) is 0 Å². The zero-order chi connectivity index (χ0) is 17.0. The van der Waals surface area contributed by atoms with Crippen LogP contribution in [-0.2, 0) is 4.79 Å². The van der Waals surface area contributed by atoms with Crippen LogP contribution in [0.15, 0.2) is 24.3 Å². The van der Waals surface area contributed by atoms with E-state index in [1.54, 1.807) is 16.8 Å². The highest BCUT2D eigenvalue weighted by molar-refractivity contribution is 6.02. The first-order valence-corrected chi connectivity index (χ1v) is 8.36. The zero-order valence-electron chi connectivity index (χ0n) is 14.5. The van der Waals surface area contributed by atoms with Crippen molar-refractivity contribution >= 4 is 17.5 Å². The fourth-order valence-corrected chi connectivity index (χ4v) is 2.98. The van der Waals surface area contributed by atoms with Crippen LogP contribution < -0.4 is 5.32 Å². The van der Waals surface area contributed by atoms with Gasteiger partial charge in [0.05, 0.1) is 5.56 Å². The summed E-state index contributed by atoms with van der Waals surface area (Å²) in [5.74, 6) is 0.0490. The zero-order valence-corrected chi connectivity index (χ0v) is 14.5. The van der Waals surface area contributed by atoms with E-state index >= 15 is 0 Å². The molecular weight excluding hydrogens is 290 g/mol. The molecule has 0 bridgehead atoms. The van der Waals surface area contributed by atoms with Crippen molar-refractivity contribution in [2.45, 2.75) is 33.2 Å². The molecule has 1 fully saturated rings. The van der Waals surface area contributed by atoms with Crippen LogP contribution >= 0.6 is 0 Å². The van der Waals surface area contributed by atoms with Crippen LogP contribution in [0, 0.1) is 5.92 Å². The molecule has 2 rings (SSSR count). The van der Waals surface area contributed by atoms with E-state index in [2.05, 4.69) is 12.2 Å². The summed E-state index contributed by atoms with van der Waals surface area (Å²) >= 11 is 0. The summed E-state index contributed by atoms with van der Waals surface area (Å²) in [7, 11) is 1.80. The molecule has 0 spiro atoms. The molecule has 1 saturated heterocycles. The van der Waals surface area contributed by atoms with E-state index in [0.29, 0.717) is 18.7 Å². The molecule has 1 aliphatic heterocycles. The third-order valence-electron chi connectivity index (χ3n) is 4.26. The van der Waals surface area contributed by atoms with Crippen LogP contribution in [0.25, 0.3) is 0 Å². The fraction of sp³-hybridized carbons (Fsp3) is 0.556. The highest BCUT2D eigenvalue weighted by Crippen LogP contribution is 2.24. The molecule has 0 radical (unpaired) electrons. The number of nitrogens with zero attached hydrogens (tertiary/aromatic N) is 2. The Morgan fingerprint density at radius 1 is 1.30 bits per heavy atom. The number of benzene rings is 1. The summed E-state index contributed by atoms with van der Waals surface area (Å²) in [6, 6.07) is 7.16. The van der Waals surface area contributed by atoms with Crippen molar-refractivity contribution in [1.82, 2.24) is 9.80 Å². The number of hydrogen-bond acceptors (Lipinski definition) is 3. The Balaban J connectivity index is 2.30. The Bertz CT molecular complexity index is 571. The average Bonchev–Trinajstić information content (AvgIpc) is 2.54. The highest BCUT2D eigenvalue weighted by Gasteiger charge is 2.38. The number of para-hydroxylation sites is 1. The monoisotopic (exact) mass is 317 g/mol. The van der Waals surface area contributed by atoms with Crippen molar-refractivity contribution in [3.63, 3.8) is 0 Å². The quantitative estimate of drug-likeness (QED) is 0.907. The van der Waals surface area contributed by atoms with Crippen molar-refractivity contribution in [1.29, 1.82) is 0 Å². The Kier molecular flexibility index (Phi) is 5.64. The average molecular weight is 317 g/mol. The minimum atomic E-state index is -0.388. The standard InChI is InChI=1S/C18H27N3O2/c1-5-10-19-15-9-7-6-8-14(15)17(22)21-12-11-20(4)18(23)16(21)13(2)3/h6-9,13,16,19H,5,10-12H2,1-4H3. The van der Waals surface area contributed by atoms with Crippen LogP contribution in [0.5, 0.6) is 0 Å². The van der Waals surface area contributed by atoms with Crippen LogP contribution in [0.4, 0.5) is 5.69 Å². The predicted octanol–water partition coefficient (Wildman–Crippen LogP) is 2.45. The molecule has 1 heterocycles. The molecule has 126 valence electrons. The maximum absolute atomic E-state index is 13.1. The minimum Gasteiger partial charge on any atom is -0.384 e. The topological polar surface area (TPSA) is 52.7 Å². The predicted molar refractivity (Wildman–Crippen MR) is 92.5 cm³/mol. The van der Waals surface area contributed by atoms with Crippen LogP contribution in [0.2, 0.25) is 0 Å². The number of carbonyl (C=O) groups is 2. The summed E-state index contributed by atoms with van der Waals surface area (Å²) in [5.41, 5.74) is 1.48. The third kappa shape index (κ3) is 3.66. The summed E-state index contributed by atoms with van der Waals surface area (Å²) in [4.78, 5) is 29.0. The maximum Gasteiger partial charge on any atom is 0.256 e. The van der Waals surface area contributed by atoms with E-state index in [9.17, 15) is 9.59 Å². The lowest BCUT2D eigenvalue weighted by molar-refractivity contribution is -0.140. The molecule has 1 N–H and O–H groups in total. The summed E-state index contributed by atoms with van der Waals surface area (Å²) in [6.45, 7) is 8.04. The van der Waals surface area contributed by atoms with Gasteiger partial charge in [0.15, 0.2) is 0 Å². The van der Waals surface area contributed by atoms with Crippen LogP contribution in [-0.4, -0.2) is 54.3 Å². The molecule has 1 aromatic carbocycles. The maximum atomic E-state index is 13.1. The molecule has 1 unspecified atom stereocenters. The van der Waals surface area contributed by atoms with Gasteiger partial charge in [0.1, 0.15) is 6.04 Å². The molecule has 5 nitrogen and oxygen atoms in total. The van der Waals surface area contributed by atoms with Gasteiger partial charge in [0, 0.05) is 32.4 Å². The van der Waals surface area contributed by atoms with Gasteiger partial charge >= 0.3 is 0 Å². The Morgan fingerprint density at radius 3 is 2.65 bits per heavy atom. The summed E-state index contributed by atoms with van der Waals surface area (Å²) in [6.07, 6.45) is 0.990. The van der Waals surface area contributed by atoms with Gasteiger partial charge in [0.2, 0.25) is 5.91 Å². The summed E-state index contributed by atoms with van der Waals surface area (Å²) in [5, 5.41) is 3.30. The van der Waals surface area contributed by atoms with E-state index in [-0.39, 0.29) is 23.8 Å². The molecule has 0 aromatic heterocycles. The van der Waals surface area contributed by atoms with Gasteiger partial charge in [-0.05, 0) is 24.5 Å². The molecule has 0 saturated carbocycles. The number of hydrogen-bond donors (Lipinski definition) is 1. The molecule has 1 atom stereocenters. The number of nitrogens with one attached hydrogen (secondary N) is 1. The van der Waals surface area contributed by atoms with Crippen LogP contribution in [0.3, 0.4) is 0 Å². The SMILES string of the molecule is CCCNc1ccccc1C(=O)N1CCN(C)C(=O)C1C(C)C. The van der Waals surface area contributed by atoms with Crippen LogP contribution in [0.1, 0.15) is 37.6 Å². The summed E-state index contributed by atoms with van der Waals surface area (Å²) < 4.78 is 0. The Labute approximate surface area is 138 Å². The van der Waals surface area contributed by atoms with Gasteiger partial charge in [-0.3, -0.25) is 9.59 Å². The first kappa shape index (κ1) is 17.3. The molecule has 5 heteroatoms. The fourth-order valence-electron chi connectivity index (χ4n) is 2.98. The minimum absolute atomic E-state index is 0.0265. The van der Waals surface area contributed by atoms with E-state index in [1.165, 1.54) is 0 Å². The van der Waals surface area contributed by atoms with E-state index in [4.69, 9.17) is 0 Å². The van der Waals surface area contributed by atoms with Crippen molar-refractivity contribution in [3.05, 3.63) is 29.8 Å². The molecule has 23 heavy (non-hydrogen) atoms. The molecular formula is C18H27N3O2. The van der Waals surface area contributed by atoms with Gasteiger partial charge in [-0.15, -0.1) is 0 Å². The number of rotatable bonds is 5. The molecule has 0 aliphatic carbocycles. The number of piperazine rings is 1. The number of amides is 2.